The number of carbonyl (C=O) groups excluding carboxylic acids is 1. The van der Waals surface area contributed by atoms with Crippen LogP contribution < -0.4 is 0 Å². The average Bonchev–Trinajstić information content (AvgIpc) is 3.13. The van der Waals surface area contributed by atoms with E-state index in [1.165, 1.54) is 18.9 Å². The van der Waals surface area contributed by atoms with Gasteiger partial charge < -0.3 is 9.15 Å². The summed E-state index contributed by atoms with van der Waals surface area (Å²) >= 11 is 1.45. The summed E-state index contributed by atoms with van der Waals surface area (Å²) in [6.45, 7) is 0. The van der Waals surface area contributed by atoms with Gasteiger partial charge in [-0.15, -0.1) is 10.2 Å². The Morgan fingerprint density at radius 2 is 1.84 bits per heavy atom. The zero-order chi connectivity index (χ0) is 17.5. The smallest absolute Gasteiger partial charge is 0.337 e. The molecular weight excluding hydrogens is 336 g/mol. The monoisotopic (exact) mass is 352 g/mol. The van der Waals surface area contributed by atoms with Gasteiger partial charge in [0.1, 0.15) is 0 Å². The number of rotatable bonds is 6. The molecule has 1 aromatic heterocycles. The minimum atomic E-state index is -0.342. The van der Waals surface area contributed by atoms with Crippen molar-refractivity contribution in [1.82, 2.24) is 10.2 Å². The molecular formula is C19H16N2O3S. The van der Waals surface area contributed by atoms with Gasteiger partial charge in [-0.2, -0.15) is 0 Å². The molecule has 0 spiro atoms. The van der Waals surface area contributed by atoms with Gasteiger partial charge in [-0.3, -0.25) is 0 Å². The van der Waals surface area contributed by atoms with Crippen molar-refractivity contribution in [2.24, 2.45) is 0 Å². The van der Waals surface area contributed by atoms with Crippen LogP contribution in [0.2, 0.25) is 0 Å². The molecule has 3 rings (SSSR count). The average molecular weight is 352 g/mol. The molecule has 25 heavy (non-hydrogen) atoms. The first-order valence-corrected chi connectivity index (χ1v) is 8.60. The van der Waals surface area contributed by atoms with Crippen LogP contribution in [0.5, 0.6) is 0 Å². The van der Waals surface area contributed by atoms with Crippen LogP contribution in [-0.2, 0) is 10.5 Å². The number of hydrogen-bond acceptors (Lipinski definition) is 6. The number of ether oxygens (including phenoxy) is 1. The van der Waals surface area contributed by atoms with Crippen molar-refractivity contribution in [3.05, 3.63) is 77.2 Å². The third-order valence-corrected chi connectivity index (χ3v) is 4.27. The highest BCUT2D eigenvalue weighted by Gasteiger charge is 2.07. The highest BCUT2D eigenvalue weighted by molar-refractivity contribution is 7.98. The minimum Gasteiger partial charge on any atom is -0.465 e. The molecule has 0 amide bonds. The number of benzene rings is 2. The second-order valence-corrected chi connectivity index (χ2v) is 6.05. The molecule has 0 aliphatic carbocycles. The molecule has 0 saturated heterocycles. The molecule has 0 N–H and O–H groups in total. The van der Waals surface area contributed by atoms with Crippen molar-refractivity contribution in [3.63, 3.8) is 0 Å². The van der Waals surface area contributed by atoms with E-state index >= 15 is 0 Å². The SMILES string of the molecule is COC(=O)c1ccc(CSc2nnc(/C=C/c3ccccc3)o2)cc1. The minimum absolute atomic E-state index is 0.342. The quantitative estimate of drug-likeness (QED) is 0.486. The predicted octanol–water partition coefficient (Wildman–Crippen LogP) is 4.32. The summed E-state index contributed by atoms with van der Waals surface area (Å²) in [6, 6.07) is 17.2. The molecule has 2 aromatic carbocycles. The van der Waals surface area contributed by atoms with Gasteiger partial charge >= 0.3 is 5.97 Å². The van der Waals surface area contributed by atoms with E-state index in [4.69, 9.17) is 4.42 Å². The normalized spacial score (nSPS) is 10.9. The van der Waals surface area contributed by atoms with Gasteiger partial charge in [0, 0.05) is 11.8 Å². The summed E-state index contributed by atoms with van der Waals surface area (Å²) in [4.78, 5) is 11.4. The molecule has 0 radical (unpaired) electrons. The van der Waals surface area contributed by atoms with Gasteiger partial charge in [-0.1, -0.05) is 54.2 Å². The van der Waals surface area contributed by atoms with Gasteiger partial charge in [-0.05, 0) is 29.3 Å². The molecule has 126 valence electrons. The molecule has 0 unspecified atom stereocenters. The Bertz CT molecular complexity index is 858. The fraction of sp³-hybridized carbons (Fsp3) is 0.105. The van der Waals surface area contributed by atoms with Crippen LogP contribution in [0, 0.1) is 0 Å². The van der Waals surface area contributed by atoms with E-state index in [0.717, 1.165) is 11.1 Å². The number of aromatic nitrogens is 2. The molecule has 1 heterocycles. The Kier molecular flexibility index (Phi) is 5.64. The first-order chi connectivity index (χ1) is 12.2. The van der Waals surface area contributed by atoms with E-state index in [2.05, 4.69) is 14.9 Å². The van der Waals surface area contributed by atoms with Crippen molar-refractivity contribution in [3.8, 4) is 0 Å². The summed E-state index contributed by atoms with van der Waals surface area (Å²) in [5, 5.41) is 8.53. The predicted molar refractivity (Wildman–Crippen MR) is 97.0 cm³/mol. The van der Waals surface area contributed by atoms with Crippen molar-refractivity contribution in [2.75, 3.05) is 7.11 Å². The molecule has 0 bridgehead atoms. The third-order valence-electron chi connectivity index (χ3n) is 3.38. The Hall–Kier alpha value is -2.86. The van der Waals surface area contributed by atoms with E-state index in [1.807, 2.05) is 48.5 Å². The molecule has 5 nitrogen and oxygen atoms in total. The zero-order valence-electron chi connectivity index (χ0n) is 13.6. The van der Waals surface area contributed by atoms with Gasteiger partial charge in [0.05, 0.1) is 12.7 Å². The third kappa shape index (κ3) is 4.81. The van der Waals surface area contributed by atoms with Gasteiger partial charge in [0.25, 0.3) is 5.22 Å². The second kappa shape index (κ2) is 8.30. The van der Waals surface area contributed by atoms with E-state index in [9.17, 15) is 4.79 Å². The molecule has 3 aromatic rings. The Labute approximate surface area is 149 Å². The summed E-state index contributed by atoms with van der Waals surface area (Å²) in [7, 11) is 1.37. The van der Waals surface area contributed by atoms with E-state index in [0.29, 0.717) is 22.4 Å². The van der Waals surface area contributed by atoms with Crippen LogP contribution in [0.25, 0.3) is 12.2 Å². The second-order valence-electron chi connectivity index (χ2n) is 5.13. The lowest BCUT2D eigenvalue weighted by Crippen LogP contribution is -2.00. The van der Waals surface area contributed by atoms with Crippen molar-refractivity contribution < 1.29 is 13.9 Å². The number of esters is 1. The van der Waals surface area contributed by atoms with Crippen LogP contribution in [0.1, 0.15) is 27.4 Å². The highest BCUT2D eigenvalue weighted by Crippen LogP contribution is 2.22. The fourth-order valence-corrected chi connectivity index (χ4v) is 2.80. The van der Waals surface area contributed by atoms with Gasteiger partial charge in [0.2, 0.25) is 5.89 Å². The zero-order valence-corrected chi connectivity index (χ0v) is 14.4. The van der Waals surface area contributed by atoms with Crippen LogP contribution in [0.15, 0.2) is 64.2 Å². The maximum atomic E-state index is 11.4. The Morgan fingerprint density at radius 1 is 1.08 bits per heavy atom. The molecule has 0 fully saturated rings. The van der Waals surface area contributed by atoms with Crippen LogP contribution in [0.3, 0.4) is 0 Å². The lowest BCUT2D eigenvalue weighted by Gasteiger charge is -2.01. The van der Waals surface area contributed by atoms with E-state index in [-0.39, 0.29) is 5.97 Å². The highest BCUT2D eigenvalue weighted by atomic mass is 32.2. The number of nitrogens with zero attached hydrogens (tertiary/aromatic N) is 2. The molecule has 0 aliphatic rings. The van der Waals surface area contributed by atoms with Crippen LogP contribution in [-0.4, -0.2) is 23.3 Å². The molecule has 0 atom stereocenters. The van der Waals surface area contributed by atoms with Crippen molar-refractivity contribution in [1.29, 1.82) is 0 Å². The van der Waals surface area contributed by atoms with Gasteiger partial charge in [-0.25, -0.2) is 4.79 Å². The van der Waals surface area contributed by atoms with Crippen molar-refractivity contribution in [2.45, 2.75) is 11.0 Å². The standard InChI is InChI=1S/C19H16N2O3S/c1-23-18(22)16-10-7-15(8-11-16)13-25-19-21-20-17(24-19)12-9-14-5-3-2-4-6-14/h2-12H,13H2,1H3/b12-9+. The Balaban J connectivity index is 1.56. The van der Waals surface area contributed by atoms with Crippen LogP contribution >= 0.6 is 11.8 Å². The molecule has 0 saturated carbocycles. The summed E-state index contributed by atoms with van der Waals surface area (Å²) < 4.78 is 10.3. The summed E-state index contributed by atoms with van der Waals surface area (Å²) in [5.74, 6) is 0.796. The fourth-order valence-electron chi connectivity index (χ4n) is 2.08. The number of methoxy groups -OCH3 is 1. The number of hydrogen-bond donors (Lipinski definition) is 0. The Morgan fingerprint density at radius 3 is 2.56 bits per heavy atom. The van der Waals surface area contributed by atoms with E-state index in [1.54, 1.807) is 18.2 Å². The maximum Gasteiger partial charge on any atom is 0.337 e. The summed E-state index contributed by atoms with van der Waals surface area (Å²) in [6.07, 6.45) is 3.71. The lowest BCUT2D eigenvalue weighted by molar-refractivity contribution is 0.0600. The summed E-state index contributed by atoms with van der Waals surface area (Å²) in [5.41, 5.74) is 2.65. The molecule has 0 aliphatic heterocycles. The molecule has 6 heteroatoms. The van der Waals surface area contributed by atoms with Gasteiger partial charge in [0.15, 0.2) is 0 Å². The topological polar surface area (TPSA) is 65.2 Å². The van der Waals surface area contributed by atoms with Crippen LogP contribution in [0.4, 0.5) is 0 Å². The first-order valence-electron chi connectivity index (χ1n) is 7.61. The number of thioether (sulfide) groups is 1. The number of carbonyl (C=O) groups is 1. The maximum absolute atomic E-state index is 11.4. The first kappa shape index (κ1) is 17.0. The largest absolute Gasteiger partial charge is 0.465 e. The van der Waals surface area contributed by atoms with Crippen molar-refractivity contribution >= 4 is 29.9 Å². The lowest BCUT2D eigenvalue weighted by atomic mass is 10.1. The van der Waals surface area contributed by atoms with E-state index < -0.39 is 0 Å².